The highest BCUT2D eigenvalue weighted by Gasteiger charge is 2.56. The predicted octanol–water partition coefficient (Wildman–Crippen LogP) is 2.15. The largest absolute Gasteiger partial charge is 0.387 e. The van der Waals surface area contributed by atoms with Crippen molar-refractivity contribution in [2.45, 2.75) is 49.9 Å². The molecule has 1 aromatic rings. The standard InChI is InChI=1S/C20H25FN4O2/c21-20(15-5-6-15)13-25(14-20)18(26)17-10-19(27-23-17)7-3-9-24(12-19)11-16-4-1-2-8-22-16/h1-2,4,8,15H,3,5-7,9-14H2. The van der Waals surface area contributed by atoms with Gasteiger partial charge in [0, 0.05) is 25.7 Å². The fraction of sp³-hybridized carbons (Fsp3) is 0.650. The zero-order valence-corrected chi connectivity index (χ0v) is 15.4. The predicted molar refractivity (Wildman–Crippen MR) is 97.8 cm³/mol. The zero-order valence-electron chi connectivity index (χ0n) is 15.4. The Hall–Kier alpha value is -2.02. The van der Waals surface area contributed by atoms with Gasteiger partial charge in [0.1, 0.15) is 11.4 Å². The molecule has 144 valence electrons. The molecule has 0 N–H and O–H groups in total. The lowest BCUT2D eigenvalue weighted by Crippen LogP contribution is -2.63. The van der Waals surface area contributed by atoms with Gasteiger partial charge < -0.3 is 9.74 Å². The smallest absolute Gasteiger partial charge is 0.272 e. The summed E-state index contributed by atoms with van der Waals surface area (Å²) in [6.45, 7) is 2.93. The van der Waals surface area contributed by atoms with Crippen LogP contribution in [-0.2, 0) is 16.2 Å². The topological polar surface area (TPSA) is 58.0 Å². The Morgan fingerprint density at radius 1 is 1.30 bits per heavy atom. The number of carbonyl (C=O) groups excluding carboxylic acids is 1. The van der Waals surface area contributed by atoms with E-state index in [0.29, 0.717) is 12.1 Å². The van der Waals surface area contributed by atoms with Crippen molar-refractivity contribution in [2.75, 3.05) is 26.2 Å². The molecule has 6 nitrogen and oxygen atoms in total. The minimum atomic E-state index is -1.16. The summed E-state index contributed by atoms with van der Waals surface area (Å²) in [6, 6.07) is 5.93. The normalized spacial score (nSPS) is 30.0. The van der Waals surface area contributed by atoms with Gasteiger partial charge in [0.2, 0.25) is 0 Å². The van der Waals surface area contributed by atoms with E-state index < -0.39 is 11.3 Å². The molecule has 7 heteroatoms. The van der Waals surface area contributed by atoms with Crippen LogP contribution in [0.2, 0.25) is 0 Å². The number of piperidine rings is 1. The van der Waals surface area contributed by atoms with E-state index in [0.717, 1.165) is 51.0 Å². The number of oxime groups is 1. The van der Waals surface area contributed by atoms with Gasteiger partial charge in [-0.15, -0.1) is 0 Å². The molecule has 4 aliphatic rings. The van der Waals surface area contributed by atoms with Gasteiger partial charge in [-0.1, -0.05) is 11.2 Å². The lowest BCUT2D eigenvalue weighted by Gasteiger charge is -2.44. The highest BCUT2D eigenvalue weighted by Crippen LogP contribution is 2.47. The maximum absolute atomic E-state index is 14.5. The molecule has 0 aromatic carbocycles. The number of likely N-dealkylation sites (tertiary alicyclic amines) is 2. The van der Waals surface area contributed by atoms with E-state index in [2.05, 4.69) is 15.0 Å². The molecule has 1 aliphatic carbocycles. The molecule has 1 unspecified atom stereocenters. The molecule has 27 heavy (non-hydrogen) atoms. The second-order valence-corrected chi connectivity index (χ2v) is 8.59. The van der Waals surface area contributed by atoms with Gasteiger partial charge in [-0.2, -0.15) is 0 Å². The molecule has 1 saturated carbocycles. The third kappa shape index (κ3) is 3.22. The van der Waals surface area contributed by atoms with Crippen LogP contribution in [0.15, 0.2) is 29.6 Å². The molecule has 2 saturated heterocycles. The summed E-state index contributed by atoms with van der Waals surface area (Å²) < 4.78 is 14.5. The second kappa shape index (κ2) is 6.26. The molecule has 3 fully saturated rings. The monoisotopic (exact) mass is 372 g/mol. The highest BCUT2D eigenvalue weighted by atomic mass is 19.1. The van der Waals surface area contributed by atoms with Crippen molar-refractivity contribution in [2.24, 2.45) is 11.1 Å². The molecule has 0 bridgehead atoms. The number of amides is 1. The summed E-state index contributed by atoms with van der Waals surface area (Å²) in [5.41, 5.74) is -0.0959. The first kappa shape index (κ1) is 17.1. The molecular weight excluding hydrogens is 347 g/mol. The van der Waals surface area contributed by atoms with E-state index in [1.54, 1.807) is 11.1 Å². The molecule has 4 heterocycles. The first-order valence-electron chi connectivity index (χ1n) is 9.91. The lowest BCUT2D eigenvalue weighted by molar-refractivity contribution is -0.139. The van der Waals surface area contributed by atoms with Crippen LogP contribution in [0.1, 0.15) is 37.8 Å². The Kier molecular flexibility index (Phi) is 3.96. The first-order chi connectivity index (χ1) is 13.1. The van der Waals surface area contributed by atoms with E-state index in [9.17, 15) is 9.18 Å². The molecule has 1 atom stereocenters. The molecule has 1 amide bonds. The Morgan fingerprint density at radius 2 is 2.15 bits per heavy atom. The van der Waals surface area contributed by atoms with Gasteiger partial charge in [-0.3, -0.25) is 14.7 Å². The first-order valence-corrected chi connectivity index (χ1v) is 9.91. The van der Waals surface area contributed by atoms with Crippen molar-refractivity contribution in [3.05, 3.63) is 30.1 Å². The van der Waals surface area contributed by atoms with Crippen LogP contribution in [0.4, 0.5) is 4.39 Å². The van der Waals surface area contributed by atoms with Crippen LogP contribution in [0.3, 0.4) is 0 Å². The number of carbonyl (C=O) groups is 1. The van der Waals surface area contributed by atoms with Gasteiger partial charge in [-0.25, -0.2) is 4.39 Å². The number of alkyl halides is 1. The van der Waals surface area contributed by atoms with Crippen molar-refractivity contribution < 1.29 is 14.0 Å². The van der Waals surface area contributed by atoms with E-state index in [1.807, 2.05) is 18.2 Å². The highest BCUT2D eigenvalue weighted by molar-refractivity contribution is 6.39. The number of halogens is 1. The van der Waals surface area contributed by atoms with Crippen LogP contribution < -0.4 is 0 Å². The van der Waals surface area contributed by atoms with Gasteiger partial charge in [-0.05, 0) is 50.3 Å². The van der Waals surface area contributed by atoms with Crippen molar-refractivity contribution in [1.82, 2.24) is 14.8 Å². The Balaban J connectivity index is 1.18. The van der Waals surface area contributed by atoms with Gasteiger partial charge in [0.25, 0.3) is 5.91 Å². The quantitative estimate of drug-likeness (QED) is 0.813. The van der Waals surface area contributed by atoms with Crippen LogP contribution in [0.25, 0.3) is 0 Å². The number of aromatic nitrogens is 1. The molecule has 5 rings (SSSR count). The average Bonchev–Trinajstić information content (AvgIpc) is 3.43. The van der Waals surface area contributed by atoms with Crippen molar-refractivity contribution in [3.8, 4) is 0 Å². The summed E-state index contributed by atoms with van der Waals surface area (Å²) >= 11 is 0. The van der Waals surface area contributed by atoms with Crippen molar-refractivity contribution in [1.29, 1.82) is 0 Å². The fourth-order valence-electron chi connectivity index (χ4n) is 4.67. The SMILES string of the molecule is O=C(C1=NOC2(CCCN(Cc3ccccn3)C2)C1)N1CC(F)(C2CC2)C1. The van der Waals surface area contributed by atoms with Crippen LogP contribution in [0.5, 0.6) is 0 Å². The minimum absolute atomic E-state index is 0.150. The summed E-state index contributed by atoms with van der Waals surface area (Å²) in [4.78, 5) is 26.8. The van der Waals surface area contributed by atoms with Crippen LogP contribution in [-0.4, -0.2) is 63.9 Å². The van der Waals surface area contributed by atoms with Crippen LogP contribution in [0, 0.1) is 5.92 Å². The Bertz CT molecular complexity index is 761. The summed E-state index contributed by atoms with van der Waals surface area (Å²) in [6.07, 6.45) is 6.13. The van der Waals surface area contributed by atoms with Crippen molar-refractivity contribution >= 4 is 11.6 Å². The maximum atomic E-state index is 14.5. The molecule has 0 radical (unpaired) electrons. The third-order valence-electron chi connectivity index (χ3n) is 6.32. The summed E-state index contributed by atoms with van der Waals surface area (Å²) in [7, 11) is 0. The summed E-state index contributed by atoms with van der Waals surface area (Å²) in [5, 5.41) is 4.13. The van der Waals surface area contributed by atoms with Gasteiger partial charge in [0.05, 0.1) is 18.8 Å². The number of nitrogens with zero attached hydrogens (tertiary/aromatic N) is 4. The van der Waals surface area contributed by atoms with Crippen LogP contribution >= 0.6 is 0 Å². The number of rotatable bonds is 4. The van der Waals surface area contributed by atoms with E-state index >= 15 is 0 Å². The van der Waals surface area contributed by atoms with Gasteiger partial charge in [0.15, 0.2) is 5.60 Å². The number of hydrogen-bond acceptors (Lipinski definition) is 5. The Labute approximate surface area is 158 Å². The maximum Gasteiger partial charge on any atom is 0.272 e. The van der Waals surface area contributed by atoms with E-state index in [-0.39, 0.29) is 24.9 Å². The zero-order chi connectivity index (χ0) is 18.5. The van der Waals surface area contributed by atoms with E-state index in [1.165, 1.54) is 0 Å². The fourth-order valence-corrected chi connectivity index (χ4v) is 4.67. The lowest BCUT2D eigenvalue weighted by atomic mass is 9.86. The molecular formula is C20H25FN4O2. The number of hydrogen-bond donors (Lipinski definition) is 0. The minimum Gasteiger partial charge on any atom is -0.387 e. The summed E-state index contributed by atoms with van der Waals surface area (Å²) in [5.74, 6) is 0.0100. The number of pyridine rings is 1. The van der Waals surface area contributed by atoms with Crippen molar-refractivity contribution in [3.63, 3.8) is 0 Å². The Morgan fingerprint density at radius 3 is 2.89 bits per heavy atom. The molecule has 3 aliphatic heterocycles. The van der Waals surface area contributed by atoms with E-state index in [4.69, 9.17) is 4.84 Å². The average molecular weight is 372 g/mol. The molecule has 1 spiro atoms. The van der Waals surface area contributed by atoms with Gasteiger partial charge >= 0.3 is 0 Å². The second-order valence-electron chi connectivity index (χ2n) is 8.59. The molecule has 1 aromatic heterocycles. The third-order valence-corrected chi connectivity index (χ3v) is 6.32.